The van der Waals surface area contributed by atoms with Crippen LogP contribution in [0.5, 0.6) is 5.75 Å². The normalized spacial score (nSPS) is 10.8. The number of rotatable bonds is 4. The van der Waals surface area contributed by atoms with Crippen LogP contribution in [-0.2, 0) is 4.74 Å². The Labute approximate surface area is 112 Å². The highest BCUT2D eigenvalue weighted by Gasteiger charge is 2.07. The molecule has 17 heavy (non-hydrogen) atoms. The molecule has 0 aliphatic carbocycles. The highest BCUT2D eigenvalue weighted by Crippen LogP contribution is 2.32. The van der Waals surface area contributed by atoms with E-state index in [0.29, 0.717) is 29.5 Å². The summed E-state index contributed by atoms with van der Waals surface area (Å²) in [5, 5.41) is 9.22. The molecule has 4 nitrogen and oxygen atoms in total. The minimum atomic E-state index is 0.481. The third-order valence-electron chi connectivity index (χ3n) is 2.19. The third kappa shape index (κ3) is 2.86. The van der Waals surface area contributed by atoms with Crippen LogP contribution in [0.4, 0.5) is 0 Å². The lowest BCUT2D eigenvalue weighted by Crippen LogP contribution is -2.04. The molecular formula is C11H10BrClN2O2. The summed E-state index contributed by atoms with van der Waals surface area (Å²) in [5.41, 5.74) is 0.702. The van der Waals surface area contributed by atoms with Crippen molar-refractivity contribution in [2.75, 3.05) is 20.3 Å². The Balaban J connectivity index is 2.35. The highest BCUT2D eigenvalue weighted by molar-refractivity contribution is 9.10. The lowest BCUT2D eigenvalue weighted by atomic mass is 10.2. The van der Waals surface area contributed by atoms with Crippen LogP contribution in [0, 0.1) is 0 Å². The van der Waals surface area contributed by atoms with E-state index < -0.39 is 0 Å². The highest BCUT2D eigenvalue weighted by atomic mass is 79.9. The Morgan fingerprint density at radius 2 is 2.18 bits per heavy atom. The summed E-state index contributed by atoms with van der Waals surface area (Å²) < 4.78 is 11.3. The molecular weight excluding hydrogens is 307 g/mol. The molecule has 0 aliphatic heterocycles. The van der Waals surface area contributed by atoms with Gasteiger partial charge in [0.25, 0.3) is 0 Å². The lowest BCUT2D eigenvalue weighted by molar-refractivity contribution is 0.146. The third-order valence-corrected chi connectivity index (χ3v) is 3.11. The van der Waals surface area contributed by atoms with Gasteiger partial charge in [-0.3, -0.25) is 0 Å². The van der Waals surface area contributed by atoms with Crippen molar-refractivity contribution in [1.29, 1.82) is 0 Å². The van der Waals surface area contributed by atoms with E-state index in [4.69, 9.17) is 21.1 Å². The first-order valence-electron chi connectivity index (χ1n) is 4.94. The van der Waals surface area contributed by atoms with Crippen molar-refractivity contribution in [2.45, 2.75) is 0 Å². The lowest BCUT2D eigenvalue weighted by Gasteiger charge is -2.09. The van der Waals surface area contributed by atoms with Crippen LogP contribution in [0.2, 0.25) is 5.02 Å². The van der Waals surface area contributed by atoms with Gasteiger partial charge in [-0.25, -0.2) is 0 Å². The van der Waals surface area contributed by atoms with E-state index in [1.807, 2.05) is 6.07 Å². The summed E-state index contributed by atoms with van der Waals surface area (Å²) in [6.07, 6.45) is 1.52. The second-order valence-corrected chi connectivity index (χ2v) is 4.60. The molecule has 90 valence electrons. The van der Waals surface area contributed by atoms with Crippen LogP contribution < -0.4 is 4.74 Å². The topological polar surface area (TPSA) is 44.2 Å². The van der Waals surface area contributed by atoms with Gasteiger partial charge >= 0.3 is 0 Å². The van der Waals surface area contributed by atoms with E-state index in [1.54, 1.807) is 13.2 Å². The predicted octanol–water partition coefficient (Wildman–Crippen LogP) is 3.07. The molecule has 0 spiro atoms. The van der Waals surface area contributed by atoms with Crippen LogP contribution in [-0.4, -0.2) is 30.5 Å². The predicted molar refractivity (Wildman–Crippen MR) is 69.6 cm³/mol. The number of halogens is 2. The molecule has 0 fully saturated rings. The van der Waals surface area contributed by atoms with Crippen LogP contribution in [0.1, 0.15) is 0 Å². The monoisotopic (exact) mass is 316 g/mol. The maximum Gasteiger partial charge on any atom is 0.135 e. The first-order valence-corrected chi connectivity index (χ1v) is 6.11. The molecule has 0 aliphatic rings. The molecule has 0 saturated carbocycles. The molecule has 2 rings (SSSR count). The van der Waals surface area contributed by atoms with E-state index in [2.05, 4.69) is 26.1 Å². The van der Waals surface area contributed by atoms with Gasteiger partial charge in [0.2, 0.25) is 0 Å². The number of ether oxygens (including phenoxy) is 2. The largest absolute Gasteiger partial charge is 0.490 e. The SMILES string of the molecule is COCCOc1cc2nncc(Cl)c2cc1Br. The van der Waals surface area contributed by atoms with Crippen molar-refractivity contribution in [3.05, 3.63) is 27.8 Å². The van der Waals surface area contributed by atoms with Crippen molar-refractivity contribution < 1.29 is 9.47 Å². The number of aromatic nitrogens is 2. The van der Waals surface area contributed by atoms with Gasteiger partial charge in [-0.05, 0) is 22.0 Å². The quantitative estimate of drug-likeness (QED) is 0.813. The molecule has 0 atom stereocenters. The zero-order chi connectivity index (χ0) is 12.3. The van der Waals surface area contributed by atoms with Crippen molar-refractivity contribution in [3.8, 4) is 5.75 Å². The number of benzene rings is 1. The van der Waals surface area contributed by atoms with Gasteiger partial charge in [-0.1, -0.05) is 11.6 Å². The maximum atomic E-state index is 6.02. The number of nitrogens with zero attached hydrogens (tertiary/aromatic N) is 2. The first kappa shape index (κ1) is 12.5. The second-order valence-electron chi connectivity index (χ2n) is 3.33. The molecule has 0 unspecified atom stereocenters. The molecule has 6 heteroatoms. The number of fused-ring (bicyclic) bond motifs is 1. The zero-order valence-electron chi connectivity index (χ0n) is 9.11. The van der Waals surface area contributed by atoms with E-state index >= 15 is 0 Å². The second kappa shape index (κ2) is 5.62. The summed E-state index contributed by atoms with van der Waals surface area (Å²) >= 11 is 9.46. The van der Waals surface area contributed by atoms with Crippen molar-refractivity contribution >= 4 is 38.4 Å². The Kier molecular flexibility index (Phi) is 4.15. The van der Waals surface area contributed by atoms with Crippen LogP contribution >= 0.6 is 27.5 Å². The summed E-state index contributed by atoms with van der Waals surface area (Å²) in [6, 6.07) is 3.67. The van der Waals surface area contributed by atoms with E-state index in [9.17, 15) is 0 Å². The summed E-state index contributed by atoms with van der Waals surface area (Å²) in [7, 11) is 1.63. The molecule has 1 aromatic heterocycles. The molecule has 1 heterocycles. The molecule has 2 aromatic rings. The Hall–Kier alpha value is -0.910. The summed E-state index contributed by atoms with van der Waals surface area (Å²) in [6.45, 7) is 1.01. The number of hydrogen-bond acceptors (Lipinski definition) is 4. The fraction of sp³-hybridized carbons (Fsp3) is 0.273. The van der Waals surface area contributed by atoms with Crippen molar-refractivity contribution in [1.82, 2.24) is 10.2 Å². The minimum absolute atomic E-state index is 0.481. The van der Waals surface area contributed by atoms with Crippen molar-refractivity contribution in [2.24, 2.45) is 0 Å². The van der Waals surface area contributed by atoms with Crippen LogP contribution in [0.25, 0.3) is 10.9 Å². The smallest absolute Gasteiger partial charge is 0.135 e. The van der Waals surface area contributed by atoms with Gasteiger partial charge in [0.05, 0.1) is 27.8 Å². The van der Waals surface area contributed by atoms with Gasteiger partial charge < -0.3 is 9.47 Å². The number of hydrogen-bond donors (Lipinski definition) is 0. The van der Waals surface area contributed by atoms with Gasteiger partial charge in [-0.15, -0.1) is 0 Å². The van der Waals surface area contributed by atoms with Crippen molar-refractivity contribution in [3.63, 3.8) is 0 Å². The Morgan fingerprint density at radius 1 is 1.35 bits per heavy atom. The first-order chi connectivity index (χ1) is 8.22. The molecule has 1 aromatic carbocycles. The molecule has 0 saturated heterocycles. The Bertz CT molecular complexity index is 536. The number of methoxy groups -OCH3 is 1. The standard InChI is InChI=1S/C11H10BrClN2O2/c1-16-2-3-17-11-5-10-7(4-8(11)12)9(13)6-14-15-10/h4-6H,2-3H2,1H3. The van der Waals surface area contributed by atoms with Gasteiger partial charge in [0.15, 0.2) is 0 Å². The maximum absolute atomic E-state index is 6.02. The Morgan fingerprint density at radius 3 is 2.94 bits per heavy atom. The zero-order valence-corrected chi connectivity index (χ0v) is 11.5. The molecule has 0 N–H and O–H groups in total. The van der Waals surface area contributed by atoms with Crippen LogP contribution in [0.3, 0.4) is 0 Å². The summed E-state index contributed by atoms with van der Waals surface area (Å²) in [4.78, 5) is 0. The summed E-state index contributed by atoms with van der Waals surface area (Å²) in [5.74, 6) is 0.700. The van der Waals surface area contributed by atoms with Gasteiger partial charge in [0.1, 0.15) is 12.4 Å². The average Bonchev–Trinajstić information content (AvgIpc) is 2.31. The molecule has 0 radical (unpaired) electrons. The van der Waals surface area contributed by atoms with E-state index in [1.165, 1.54) is 6.20 Å². The van der Waals surface area contributed by atoms with Gasteiger partial charge in [0, 0.05) is 18.6 Å². The fourth-order valence-electron chi connectivity index (χ4n) is 1.37. The van der Waals surface area contributed by atoms with Gasteiger partial charge in [-0.2, -0.15) is 10.2 Å². The molecule has 0 bridgehead atoms. The fourth-order valence-corrected chi connectivity index (χ4v) is 2.03. The van der Waals surface area contributed by atoms with Crippen LogP contribution in [0.15, 0.2) is 22.8 Å². The average molecular weight is 318 g/mol. The van der Waals surface area contributed by atoms with E-state index in [-0.39, 0.29) is 0 Å². The molecule has 0 amide bonds. The minimum Gasteiger partial charge on any atom is -0.490 e. The van der Waals surface area contributed by atoms with E-state index in [0.717, 1.165) is 9.86 Å².